The number of hydrogen-bond acceptors (Lipinski definition) is 1. The number of rotatable bonds is 1. The van der Waals surface area contributed by atoms with Gasteiger partial charge in [-0.2, -0.15) is 0 Å². The summed E-state index contributed by atoms with van der Waals surface area (Å²) in [5.41, 5.74) is 0.102. The SMILES string of the molecule is O=c1cc[nH]n1C1CCC1. The highest BCUT2D eigenvalue weighted by Gasteiger charge is 2.20. The molecule has 0 unspecified atom stereocenters. The van der Waals surface area contributed by atoms with Gasteiger partial charge in [-0.15, -0.1) is 0 Å². The van der Waals surface area contributed by atoms with Gasteiger partial charge in [0.25, 0.3) is 5.56 Å². The van der Waals surface area contributed by atoms with Crippen molar-refractivity contribution in [1.29, 1.82) is 0 Å². The van der Waals surface area contributed by atoms with E-state index in [1.54, 1.807) is 16.9 Å². The van der Waals surface area contributed by atoms with E-state index in [0.717, 1.165) is 12.8 Å². The van der Waals surface area contributed by atoms with E-state index in [4.69, 9.17) is 0 Å². The Labute approximate surface area is 58.7 Å². The molecule has 1 heterocycles. The van der Waals surface area contributed by atoms with Gasteiger partial charge in [0.15, 0.2) is 0 Å². The van der Waals surface area contributed by atoms with Gasteiger partial charge in [0.1, 0.15) is 0 Å². The summed E-state index contributed by atoms with van der Waals surface area (Å²) in [7, 11) is 0. The highest BCUT2D eigenvalue weighted by Crippen LogP contribution is 2.28. The largest absolute Gasteiger partial charge is 0.303 e. The van der Waals surface area contributed by atoms with Gasteiger partial charge >= 0.3 is 0 Å². The van der Waals surface area contributed by atoms with E-state index in [1.807, 2.05) is 0 Å². The quantitative estimate of drug-likeness (QED) is 0.615. The third kappa shape index (κ3) is 0.701. The lowest BCUT2D eigenvalue weighted by Gasteiger charge is -2.25. The van der Waals surface area contributed by atoms with Crippen LogP contribution in [0.3, 0.4) is 0 Å². The van der Waals surface area contributed by atoms with Gasteiger partial charge in [0.2, 0.25) is 0 Å². The van der Waals surface area contributed by atoms with Crippen LogP contribution in [0.5, 0.6) is 0 Å². The summed E-state index contributed by atoms with van der Waals surface area (Å²) in [6.07, 6.45) is 5.26. The highest BCUT2D eigenvalue weighted by molar-refractivity contribution is 4.86. The molecule has 1 aromatic heterocycles. The van der Waals surface area contributed by atoms with Gasteiger partial charge in [0.05, 0.1) is 6.04 Å². The fourth-order valence-corrected chi connectivity index (χ4v) is 1.26. The summed E-state index contributed by atoms with van der Waals surface area (Å²) in [5.74, 6) is 0. The number of hydrogen-bond donors (Lipinski definition) is 1. The molecule has 0 saturated heterocycles. The molecular weight excluding hydrogens is 128 g/mol. The Bertz CT molecular complexity index is 269. The van der Waals surface area contributed by atoms with Crippen molar-refractivity contribution in [3.05, 3.63) is 22.6 Å². The first-order valence-electron chi connectivity index (χ1n) is 3.64. The third-order valence-electron chi connectivity index (χ3n) is 2.12. The molecule has 0 radical (unpaired) electrons. The molecule has 0 spiro atoms. The number of aromatic amines is 1. The van der Waals surface area contributed by atoms with E-state index < -0.39 is 0 Å². The molecule has 1 fully saturated rings. The summed E-state index contributed by atoms with van der Waals surface area (Å²) in [6.45, 7) is 0. The molecule has 2 rings (SSSR count). The lowest BCUT2D eigenvalue weighted by Crippen LogP contribution is -2.26. The second kappa shape index (κ2) is 2.01. The second-order valence-corrected chi connectivity index (χ2v) is 2.76. The van der Waals surface area contributed by atoms with Crippen LogP contribution in [-0.4, -0.2) is 9.78 Å². The van der Waals surface area contributed by atoms with Crippen molar-refractivity contribution < 1.29 is 0 Å². The average molecular weight is 138 g/mol. The van der Waals surface area contributed by atoms with Gasteiger partial charge < -0.3 is 5.10 Å². The van der Waals surface area contributed by atoms with Crippen molar-refractivity contribution in [3.8, 4) is 0 Å². The predicted octanol–water partition coefficient (Wildman–Crippen LogP) is 0.901. The van der Waals surface area contributed by atoms with E-state index in [9.17, 15) is 4.79 Å². The topological polar surface area (TPSA) is 37.8 Å². The van der Waals surface area contributed by atoms with Gasteiger partial charge in [-0.25, -0.2) is 0 Å². The molecule has 1 aliphatic rings. The number of nitrogens with one attached hydrogen (secondary N) is 1. The Morgan fingerprint density at radius 3 is 2.80 bits per heavy atom. The Hall–Kier alpha value is -0.990. The monoisotopic (exact) mass is 138 g/mol. The molecule has 3 heteroatoms. The lowest BCUT2D eigenvalue weighted by molar-refractivity contribution is 0.283. The van der Waals surface area contributed by atoms with Gasteiger partial charge in [0, 0.05) is 12.3 Å². The zero-order valence-electron chi connectivity index (χ0n) is 5.71. The third-order valence-corrected chi connectivity index (χ3v) is 2.12. The minimum absolute atomic E-state index is 0.102. The smallest absolute Gasteiger partial charge is 0.266 e. The first-order valence-corrected chi connectivity index (χ1v) is 3.64. The summed E-state index contributed by atoms with van der Waals surface area (Å²) >= 11 is 0. The van der Waals surface area contributed by atoms with Crippen LogP contribution in [0.1, 0.15) is 25.3 Å². The van der Waals surface area contributed by atoms with Crippen LogP contribution in [0.25, 0.3) is 0 Å². The van der Waals surface area contributed by atoms with Crippen LogP contribution in [0.15, 0.2) is 17.1 Å². The number of H-pyrrole nitrogens is 1. The van der Waals surface area contributed by atoms with Crippen LogP contribution in [-0.2, 0) is 0 Å². The molecule has 54 valence electrons. The Kier molecular flexibility index (Phi) is 1.16. The first kappa shape index (κ1) is 5.77. The number of nitrogens with zero attached hydrogens (tertiary/aromatic N) is 1. The van der Waals surface area contributed by atoms with E-state index in [-0.39, 0.29) is 5.56 Å². The van der Waals surface area contributed by atoms with Crippen LogP contribution < -0.4 is 5.56 Å². The van der Waals surface area contributed by atoms with Crippen LogP contribution in [0.2, 0.25) is 0 Å². The van der Waals surface area contributed by atoms with Crippen LogP contribution in [0.4, 0.5) is 0 Å². The van der Waals surface area contributed by atoms with E-state index in [1.165, 1.54) is 6.42 Å². The summed E-state index contributed by atoms with van der Waals surface area (Å²) < 4.78 is 1.71. The second-order valence-electron chi connectivity index (χ2n) is 2.76. The molecule has 0 atom stereocenters. The fourth-order valence-electron chi connectivity index (χ4n) is 1.26. The van der Waals surface area contributed by atoms with Gasteiger partial charge in [-0.05, 0) is 19.3 Å². The molecule has 10 heavy (non-hydrogen) atoms. The minimum Gasteiger partial charge on any atom is -0.303 e. The molecule has 1 aliphatic carbocycles. The molecule has 0 amide bonds. The van der Waals surface area contributed by atoms with Crippen molar-refractivity contribution in [2.24, 2.45) is 0 Å². The Morgan fingerprint density at radius 2 is 2.40 bits per heavy atom. The lowest BCUT2D eigenvalue weighted by atomic mass is 9.93. The number of aromatic nitrogens is 2. The van der Waals surface area contributed by atoms with Gasteiger partial charge in [-0.1, -0.05) is 0 Å². The van der Waals surface area contributed by atoms with Crippen molar-refractivity contribution in [1.82, 2.24) is 9.78 Å². The van der Waals surface area contributed by atoms with Gasteiger partial charge in [-0.3, -0.25) is 9.48 Å². The summed E-state index contributed by atoms with van der Waals surface area (Å²) in [5, 5.41) is 2.91. The summed E-state index contributed by atoms with van der Waals surface area (Å²) in [6, 6.07) is 2.03. The summed E-state index contributed by atoms with van der Waals surface area (Å²) in [4.78, 5) is 11.0. The normalized spacial score (nSPS) is 18.8. The maximum atomic E-state index is 11.0. The highest BCUT2D eigenvalue weighted by atomic mass is 16.1. The standard InChI is InChI=1S/C7H10N2O/c10-7-4-5-8-9(7)6-2-1-3-6/h4-6,8H,1-3H2. The maximum absolute atomic E-state index is 11.0. The molecule has 0 aromatic carbocycles. The minimum atomic E-state index is 0.102. The maximum Gasteiger partial charge on any atom is 0.266 e. The fraction of sp³-hybridized carbons (Fsp3) is 0.571. The average Bonchev–Trinajstić information content (AvgIpc) is 2.12. The van der Waals surface area contributed by atoms with Crippen molar-refractivity contribution in [2.45, 2.75) is 25.3 Å². The van der Waals surface area contributed by atoms with Crippen molar-refractivity contribution >= 4 is 0 Å². The molecule has 1 saturated carbocycles. The molecule has 1 aromatic rings. The first-order chi connectivity index (χ1) is 4.88. The van der Waals surface area contributed by atoms with Crippen molar-refractivity contribution in [2.75, 3.05) is 0 Å². The molecule has 1 N–H and O–H groups in total. The van der Waals surface area contributed by atoms with Crippen molar-refractivity contribution in [3.63, 3.8) is 0 Å². The Balaban J connectivity index is 2.32. The van der Waals surface area contributed by atoms with E-state index in [0.29, 0.717) is 6.04 Å². The molecule has 0 aliphatic heterocycles. The molecule has 0 bridgehead atoms. The Morgan fingerprint density at radius 1 is 1.60 bits per heavy atom. The van der Waals surface area contributed by atoms with Crippen LogP contribution >= 0.6 is 0 Å². The van der Waals surface area contributed by atoms with E-state index >= 15 is 0 Å². The zero-order valence-corrected chi connectivity index (χ0v) is 5.71. The predicted molar refractivity (Wildman–Crippen MR) is 37.9 cm³/mol. The van der Waals surface area contributed by atoms with Crippen LogP contribution in [0, 0.1) is 0 Å². The zero-order chi connectivity index (χ0) is 6.97. The van der Waals surface area contributed by atoms with E-state index in [2.05, 4.69) is 5.10 Å². The molecular formula is C7H10N2O. The molecule has 3 nitrogen and oxygen atoms in total.